The summed E-state index contributed by atoms with van der Waals surface area (Å²) in [6.45, 7) is 10.2. The smallest absolute Gasteiger partial charge is 0.181 e. The second-order valence-corrected chi connectivity index (χ2v) is 18.9. The first-order valence-corrected chi connectivity index (χ1v) is 16.8. The molecule has 0 heterocycles. The number of hydrogen-bond acceptors (Lipinski definition) is 4. The topological polar surface area (TPSA) is 68.3 Å². The molecule has 160 valence electrons. The van der Waals surface area contributed by atoms with E-state index in [0.717, 1.165) is 0 Å². The molecule has 7 heteroatoms. The van der Waals surface area contributed by atoms with Crippen LogP contribution in [0, 0.1) is 11.8 Å². The molecule has 4 nitrogen and oxygen atoms in total. The Hall–Kier alpha value is -1.44. The SMILES string of the molecule is CC(C)C(CS(=O)(=O)c1ccccc1)C(C[Si](C)(C)C)S(=O)(=O)c1ccccc1. The molecule has 2 aromatic rings. The maximum atomic E-state index is 13.6. The summed E-state index contributed by atoms with van der Waals surface area (Å²) in [7, 11) is -9.06. The summed E-state index contributed by atoms with van der Waals surface area (Å²) < 4.78 is 53.4. The van der Waals surface area contributed by atoms with E-state index >= 15 is 0 Å². The van der Waals surface area contributed by atoms with Gasteiger partial charge < -0.3 is 0 Å². The molecule has 2 atom stereocenters. The molecule has 0 N–H and O–H groups in total. The van der Waals surface area contributed by atoms with Gasteiger partial charge in [-0.3, -0.25) is 0 Å². The zero-order chi connectivity index (χ0) is 21.9. The second kappa shape index (κ2) is 9.14. The van der Waals surface area contributed by atoms with Crippen LogP contribution in [0.1, 0.15) is 13.8 Å². The van der Waals surface area contributed by atoms with Gasteiger partial charge in [0.1, 0.15) is 0 Å². The molecule has 0 amide bonds. The lowest BCUT2D eigenvalue weighted by molar-refractivity contribution is 0.400. The Morgan fingerprint density at radius 3 is 1.62 bits per heavy atom. The quantitative estimate of drug-likeness (QED) is 0.507. The fourth-order valence-electron chi connectivity index (χ4n) is 3.59. The minimum absolute atomic E-state index is 0.0895. The van der Waals surface area contributed by atoms with Gasteiger partial charge in [0.25, 0.3) is 0 Å². The third kappa shape index (κ3) is 6.27. The molecule has 0 fully saturated rings. The minimum Gasteiger partial charge on any atom is -0.224 e. The van der Waals surface area contributed by atoms with Gasteiger partial charge in [-0.1, -0.05) is 69.9 Å². The fourth-order valence-corrected chi connectivity index (χ4v) is 11.2. The molecular weight excluding hydrogens is 420 g/mol. The predicted molar refractivity (Wildman–Crippen MR) is 122 cm³/mol. The molecule has 0 aliphatic heterocycles. The van der Waals surface area contributed by atoms with Crippen LogP contribution in [0.4, 0.5) is 0 Å². The Balaban J connectivity index is 2.53. The van der Waals surface area contributed by atoms with Crippen molar-refractivity contribution in [3.8, 4) is 0 Å². The normalized spacial score (nSPS) is 15.2. The standard InChI is InChI=1S/C22H32O4S2Si/c1-18(2)21(16-27(23,24)19-12-8-6-9-13-19)22(17-29(3,4)5)28(25,26)20-14-10-7-11-15-20/h6-15,18,21-22H,16-17H2,1-5H3. The van der Waals surface area contributed by atoms with Crippen molar-refractivity contribution < 1.29 is 16.8 Å². The molecule has 0 bridgehead atoms. The summed E-state index contributed by atoms with van der Waals surface area (Å²) in [5, 5.41) is -0.727. The Labute approximate surface area is 177 Å². The van der Waals surface area contributed by atoms with Crippen LogP contribution in [0.2, 0.25) is 25.7 Å². The van der Waals surface area contributed by atoms with Crippen molar-refractivity contribution in [1.82, 2.24) is 0 Å². The molecule has 0 radical (unpaired) electrons. The second-order valence-electron chi connectivity index (χ2n) is 9.16. The average Bonchev–Trinajstić information content (AvgIpc) is 2.65. The van der Waals surface area contributed by atoms with Crippen LogP contribution in [0.3, 0.4) is 0 Å². The molecular formula is C22H32O4S2Si. The Bertz CT molecular complexity index is 994. The lowest BCUT2D eigenvalue weighted by Crippen LogP contribution is -2.42. The summed E-state index contributed by atoms with van der Waals surface area (Å²) in [5.41, 5.74) is 0. The molecule has 0 spiro atoms. The predicted octanol–water partition coefficient (Wildman–Crippen LogP) is 4.91. The van der Waals surface area contributed by atoms with Crippen molar-refractivity contribution in [3.05, 3.63) is 60.7 Å². The highest BCUT2D eigenvalue weighted by molar-refractivity contribution is 7.92. The van der Waals surface area contributed by atoms with Gasteiger partial charge in [-0.2, -0.15) is 0 Å². The molecule has 0 aromatic heterocycles. The van der Waals surface area contributed by atoms with Crippen LogP contribution in [0.25, 0.3) is 0 Å². The van der Waals surface area contributed by atoms with E-state index in [4.69, 9.17) is 0 Å². The molecule has 0 saturated heterocycles. The van der Waals surface area contributed by atoms with Gasteiger partial charge >= 0.3 is 0 Å². The summed E-state index contributed by atoms with van der Waals surface area (Å²) in [6, 6.07) is 17.3. The van der Waals surface area contributed by atoms with Gasteiger partial charge in [0, 0.05) is 8.07 Å². The zero-order valence-electron chi connectivity index (χ0n) is 17.9. The van der Waals surface area contributed by atoms with Gasteiger partial charge in [-0.05, 0) is 42.1 Å². The van der Waals surface area contributed by atoms with Gasteiger partial charge in [0.05, 0.1) is 20.8 Å². The van der Waals surface area contributed by atoms with E-state index in [1.807, 2.05) is 13.8 Å². The zero-order valence-corrected chi connectivity index (χ0v) is 20.5. The van der Waals surface area contributed by atoms with Crippen molar-refractivity contribution in [1.29, 1.82) is 0 Å². The molecule has 29 heavy (non-hydrogen) atoms. The number of hydrogen-bond donors (Lipinski definition) is 0. The van der Waals surface area contributed by atoms with Crippen molar-refractivity contribution in [2.24, 2.45) is 11.8 Å². The molecule has 2 unspecified atom stereocenters. The highest BCUT2D eigenvalue weighted by Crippen LogP contribution is 2.34. The summed E-state index contributed by atoms with van der Waals surface area (Å²) in [5.74, 6) is -0.749. The maximum absolute atomic E-state index is 13.6. The minimum atomic E-state index is -3.66. The van der Waals surface area contributed by atoms with E-state index in [1.54, 1.807) is 60.7 Å². The van der Waals surface area contributed by atoms with Crippen LogP contribution < -0.4 is 0 Å². The van der Waals surface area contributed by atoms with Gasteiger partial charge in [0.15, 0.2) is 19.7 Å². The Kier molecular flexibility index (Phi) is 7.51. The lowest BCUT2D eigenvalue weighted by Gasteiger charge is -2.33. The van der Waals surface area contributed by atoms with E-state index in [1.165, 1.54) is 0 Å². The monoisotopic (exact) mass is 452 g/mol. The fraction of sp³-hybridized carbons (Fsp3) is 0.455. The molecule has 0 aliphatic carbocycles. The van der Waals surface area contributed by atoms with E-state index in [-0.39, 0.29) is 21.5 Å². The highest BCUT2D eigenvalue weighted by Gasteiger charge is 2.41. The highest BCUT2D eigenvalue weighted by atomic mass is 32.2. The lowest BCUT2D eigenvalue weighted by atomic mass is 9.95. The van der Waals surface area contributed by atoms with Crippen LogP contribution in [-0.2, 0) is 19.7 Å². The van der Waals surface area contributed by atoms with E-state index in [2.05, 4.69) is 19.6 Å². The van der Waals surface area contributed by atoms with Crippen molar-refractivity contribution in [2.45, 2.75) is 54.6 Å². The van der Waals surface area contributed by atoms with Crippen LogP contribution in [0.15, 0.2) is 70.5 Å². The van der Waals surface area contributed by atoms with Crippen molar-refractivity contribution in [3.63, 3.8) is 0 Å². The molecule has 2 rings (SSSR count). The number of rotatable bonds is 9. The number of sulfone groups is 2. The van der Waals surface area contributed by atoms with E-state index in [9.17, 15) is 16.8 Å². The third-order valence-electron chi connectivity index (χ3n) is 5.13. The molecule has 0 aliphatic rings. The van der Waals surface area contributed by atoms with Gasteiger partial charge in [0.2, 0.25) is 0 Å². The van der Waals surface area contributed by atoms with Crippen LogP contribution >= 0.6 is 0 Å². The largest absolute Gasteiger partial charge is 0.224 e. The molecule has 0 saturated carbocycles. The maximum Gasteiger partial charge on any atom is 0.181 e. The van der Waals surface area contributed by atoms with Crippen LogP contribution in [-0.4, -0.2) is 35.9 Å². The first-order chi connectivity index (χ1) is 13.3. The summed E-state index contributed by atoms with van der Waals surface area (Å²) >= 11 is 0. The Morgan fingerprint density at radius 1 is 0.759 bits per heavy atom. The number of benzene rings is 2. The van der Waals surface area contributed by atoms with E-state index < -0.39 is 38.9 Å². The van der Waals surface area contributed by atoms with Crippen LogP contribution in [0.5, 0.6) is 0 Å². The summed E-state index contributed by atoms with van der Waals surface area (Å²) in [6.07, 6.45) is 0. The van der Waals surface area contributed by atoms with E-state index in [0.29, 0.717) is 6.04 Å². The average molecular weight is 453 g/mol. The third-order valence-corrected chi connectivity index (χ3v) is 11.1. The van der Waals surface area contributed by atoms with Crippen molar-refractivity contribution >= 4 is 27.7 Å². The molecule has 2 aromatic carbocycles. The Morgan fingerprint density at radius 2 is 1.21 bits per heavy atom. The summed E-state index contributed by atoms with van der Waals surface area (Å²) in [4.78, 5) is 0.514. The van der Waals surface area contributed by atoms with Crippen molar-refractivity contribution in [2.75, 3.05) is 5.75 Å². The first-order valence-electron chi connectivity index (χ1n) is 9.91. The van der Waals surface area contributed by atoms with Gasteiger partial charge in [-0.15, -0.1) is 0 Å². The van der Waals surface area contributed by atoms with Gasteiger partial charge in [-0.25, -0.2) is 16.8 Å². The first kappa shape index (κ1) is 23.8.